The average Bonchev–Trinajstić information content (AvgIpc) is 1.65. The van der Waals surface area contributed by atoms with Crippen molar-refractivity contribution in [3.63, 3.8) is 0 Å². The van der Waals surface area contributed by atoms with Gasteiger partial charge in [0.25, 0.3) is 0 Å². The number of furan rings is 3. The number of nitrogens with zero attached hydrogens (tertiary/aromatic N) is 6. The molecule has 9 aromatic carbocycles. The van der Waals surface area contributed by atoms with Gasteiger partial charge in [-0.25, -0.2) is 0 Å². The van der Waals surface area contributed by atoms with Gasteiger partial charge in [-0.3, -0.25) is 0 Å². The van der Waals surface area contributed by atoms with E-state index in [2.05, 4.69) is 348 Å². The minimum absolute atomic E-state index is 0. The Morgan fingerprint density at radius 3 is 0.868 bits per heavy atom. The number of fused-ring (bicyclic) bond motifs is 9. The summed E-state index contributed by atoms with van der Waals surface area (Å²) in [7, 11) is -9.10. The van der Waals surface area contributed by atoms with Gasteiger partial charge in [0.15, 0.2) is 0 Å². The van der Waals surface area contributed by atoms with Gasteiger partial charge in [0, 0.05) is 114 Å². The minimum Gasteiger partial charge on any atom is -0.500 e. The number of hydrogen-bond acceptors (Lipinski definition) is 9. The smallest absolute Gasteiger partial charge is 0.120 e. The first kappa shape index (κ1) is 102. The summed E-state index contributed by atoms with van der Waals surface area (Å²) in [4.78, 5) is 27.9. The van der Waals surface area contributed by atoms with Crippen molar-refractivity contribution in [2.24, 2.45) is 5.92 Å². The predicted molar refractivity (Wildman–Crippen MR) is 557 cm³/mol. The third-order valence-electron chi connectivity index (χ3n) is 22.5. The van der Waals surface area contributed by atoms with E-state index in [0.29, 0.717) is 5.92 Å². The quantitative estimate of drug-likeness (QED) is 0.0730. The zero-order chi connectivity index (χ0) is 90.3. The SMILES string of the molecule is CC(C)Cc1cc(-c2[c-]cc3oc4ccccc4c3c2)ncc1[Si](C)(C)C.C[Si](C)(C)c1ccc(-c2[c-]cc3oc4ccccc4c3c2)nc1.C[Si](C)(C)c1ccc(-c2[c-]ccc([Si](C)(C)C)c2)nc1.C[Si](C)(C)c1ccc(-c2[c-]cccc2)nc1.C[Si](C)(C)c1ccc(-c2[c-]cccc2)nc1.Cc1cc(-c2[c-]cc3oc4ccccc4c3c2)ncc1[Si](C)(C)C.[Ir].[Ir].[Ir]. The van der Waals surface area contributed by atoms with Crippen molar-refractivity contribution in [1.82, 2.24) is 29.9 Å². The summed E-state index contributed by atoms with van der Waals surface area (Å²) in [5, 5.41) is 16.7. The van der Waals surface area contributed by atoms with E-state index in [9.17, 15) is 0 Å². The molecule has 669 valence electrons. The number of hydrogen-bond donors (Lipinski definition) is 0. The van der Waals surface area contributed by atoms with Gasteiger partial charge < -0.3 is 43.2 Å². The van der Waals surface area contributed by atoms with E-state index in [-0.39, 0.29) is 60.3 Å². The molecule has 0 bridgehead atoms. The topological polar surface area (TPSA) is 117 Å². The van der Waals surface area contributed by atoms with Gasteiger partial charge in [-0.2, -0.15) is 0 Å². The standard InChI is InChI=1S/C24H26NOSi.C21H20NOSi.C20H18NOSi.C17H24NSi2.2C14H16NSi.3Ir/c1-16(2)12-18-14-21(25-15-24(18)27(3,4)5)17-10-11-23-20(13-17)19-8-6-7-9-22(19)26-23;1-14-11-18(22-13-21(14)24(2,3)4)15-9-10-20-17(12-15)16-7-5-6-8-19(16)23-20;1-23(2,3)15-9-10-18(21-13-15)14-8-11-20-17(12-14)16-6-4-5-7-19(16)22-20;1-19(2,3)15-9-7-8-14(12-15)17-11-10-16(13-18-17)20(4,5)6;2*1-16(2,3)13-9-10-14(15-11-13)12-7-5-4-6-8-12;;;/h6-9,11,13-16H,12H2,1-5H3;5-8,10-13H,1-4H3;4-7,9-13H,1-3H3;7,9-13H,1-6H3;2*4-7,9-11H,1-3H3;;;/q6*-1;;;. The Labute approximate surface area is 813 Å². The van der Waals surface area contributed by atoms with Gasteiger partial charge in [0.05, 0.1) is 73.3 Å². The molecule has 3 radical (unpaired) electrons. The van der Waals surface area contributed by atoms with E-state index in [1.165, 1.54) is 47.4 Å². The normalized spacial score (nSPS) is 11.8. The molecule has 0 spiro atoms. The van der Waals surface area contributed by atoms with Gasteiger partial charge >= 0.3 is 0 Å². The monoisotopic (exact) mass is 2350 g/mol. The number of para-hydroxylation sites is 3. The van der Waals surface area contributed by atoms with Crippen molar-refractivity contribution >= 4 is 159 Å². The molecule has 0 aliphatic carbocycles. The first-order chi connectivity index (χ1) is 59.6. The Kier molecular flexibility index (Phi) is 33.9. The first-order valence-corrected chi connectivity index (χ1v) is 68.4. The van der Waals surface area contributed by atoms with Crippen LogP contribution in [0.5, 0.6) is 0 Å². The van der Waals surface area contributed by atoms with Gasteiger partial charge in [-0.05, 0) is 103 Å². The van der Waals surface area contributed by atoms with Crippen LogP contribution in [0.2, 0.25) is 137 Å². The summed E-state index contributed by atoms with van der Waals surface area (Å²) in [6.45, 7) is 56.1. The second kappa shape index (κ2) is 43.0. The molecule has 19 heteroatoms. The maximum absolute atomic E-state index is 5.94. The van der Waals surface area contributed by atoms with E-state index in [0.717, 1.165) is 140 Å². The maximum atomic E-state index is 5.94. The summed E-state index contributed by atoms with van der Waals surface area (Å²) in [6.07, 6.45) is 13.4. The molecule has 9 aromatic heterocycles. The molecule has 9 heterocycles. The second-order valence-electron chi connectivity index (χ2n) is 40.4. The Balaban J connectivity index is 0.000000162. The van der Waals surface area contributed by atoms with Crippen LogP contribution < -0.4 is 36.3 Å². The van der Waals surface area contributed by atoms with Crippen molar-refractivity contribution in [2.45, 2.75) is 165 Å². The van der Waals surface area contributed by atoms with Crippen molar-refractivity contribution in [3.05, 3.63) is 321 Å². The van der Waals surface area contributed by atoms with Gasteiger partial charge in [-0.1, -0.05) is 294 Å². The van der Waals surface area contributed by atoms with Crippen LogP contribution in [0.3, 0.4) is 0 Å². The van der Waals surface area contributed by atoms with Crippen LogP contribution in [0, 0.1) is 49.2 Å². The van der Waals surface area contributed by atoms with Crippen LogP contribution in [0.25, 0.3) is 133 Å². The minimum atomic E-state index is -1.43. The predicted octanol–water partition coefficient (Wildman–Crippen LogP) is 26.3. The molecule has 0 aliphatic rings. The molecule has 0 saturated heterocycles. The Morgan fingerprint density at radius 2 is 0.558 bits per heavy atom. The van der Waals surface area contributed by atoms with Gasteiger partial charge in [0.2, 0.25) is 0 Å². The molecular weight excluding hydrogens is 2230 g/mol. The van der Waals surface area contributed by atoms with Crippen LogP contribution in [0.1, 0.15) is 25.0 Å². The molecule has 0 atom stereocenters. The van der Waals surface area contributed by atoms with E-state index < -0.39 is 56.5 Å². The number of aryl methyl sites for hydroxylation is 1. The molecule has 129 heavy (non-hydrogen) atoms. The van der Waals surface area contributed by atoms with Crippen LogP contribution in [-0.2, 0) is 66.7 Å². The summed E-state index contributed by atoms with van der Waals surface area (Å²) in [5.41, 5.74) is 20.4. The summed E-state index contributed by atoms with van der Waals surface area (Å²) in [6, 6.07) is 101. The van der Waals surface area contributed by atoms with E-state index in [1.807, 2.05) is 140 Å². The summed E-state index contributed by atoms with van der Waals surface area (Å²) >= 11 is 0. The fourth-order valence-electron chi connectivity index (χ4n) is 15.0. The third kappa shape index (κ3) is 26.2. The molecule has 0 unspecified atom stereocenters. The van der Waals surface area contributed by atoms with Crippen molar-refractivity contribution in [3.8, 4) is 67.5 Å². The molecule has 0 saturated carbocycles. The average molecular weight is 2350 g/mol. The van der Waals surface area contributed by atoms with Crippen molar-refractivity contribution < 1.29 is 73.6 Å². The number of aromatic nitrogens is 6. The molecule has 0 fully saturated rings. The fraction of sp³-hybridized carbons (Fsp3) is 0.236. The van der Waals surface area contributed by atoms with Crippen molar-refractivity contribution in [2.75, 3.05) is 0 Å². The first-order valence-electron chi connectivity index (χ1n) is 43.9. The molecule has 18 rings (SSSR count). The number of rotatable bonds is 15. The number of benzene rings is 9. The molecule has 0 N–H and O–H groups in total. The van der Waals surface area contributed by atoms with E-state index in [4.69, 9.17) is 23.2 Å². The van der Waals surface area contributed by atoms with Gasteiger partial charge in [-0.15, -0.1) is 178 Å². The van der Waals surface area contributed by atoms with Crippen molar-refractivity contribution in [1.29, 1.82) is 0 Å². The second-order valence-corrected chi connectivity index (χ2v) is 75.9. The Bertz CT molecular complexity index is 6670. The van der Waals surface area contributed by atoms with Crippen LogP contribution in [0.4, 0.5) is 0 Å². The summed E-state index contributed by atoms with van der Waals surface area (Å²) in [5.74, 6) is 0.625. The third-order valence-corrected chi connectivity index (χ3v) is 36.9. The van der Waals surface area contributed by atoms with E-state index in [1.54, 1.807) is 0 Å². The molecule has 9 nitrogen and oxygen atoms in total. The molecular formula is C110H120Ir3N6O3Si7-6. The van der Waals surface area contributed by atoms with Gasteiger partial charge in [0.1, 0.15) is 16.7 Å². The fourth-order valence-corrected chi connectivity index (χ4v) is 23.6. The van der Waals surface area contributed by atoms with E-state index >= 15 is 0 Å². The number of pyridine rings is 6. The Morgan fingerprint density at radius 1 is 0.256 bits per heavy atom. The molecule has 0 amide bonds. The zero-order valence-electron chi connectivity index (χ0n) is 79.2. The van der Waals surface area contributed by atoms with Crippen LogP contribution >= 0.6 is 0 Å². The van der Waals surface area contributed by atoms with Crippen LogP contribution in [-0.4, -0.2) is 86.4 Å². The van der Waals surface area contributed by atoms with Crippen LogP contribution in [0.15, 0.2) is 287 Å². The summed E-state index contributed by atoms with van der Waals surface area (Å²) < 4.78 is 17.7. The molecule has 0 aliphatic heterocycles. The molecule has 18 aromatic rings. The Hall–Kier alpha value is -9.25. The zero-order valence-corrected chi connectivity index (χ0v) is 93.4. The maximum Gasteiger partial charge on any atom is 0.120 e. The largest absolute Gasteiger partial charge is 0.500 e.